The van der Waals surface area contributed by atoms with Crippen molar-refractivity contribution in [2.75, 3.05) is 0 Å². The Balaban J connectivity index is 1.94. The molecule has 0 saturated heterocycles. The van der Waals surface area contributed by atoms with Gasteiger partial charge in [0.2, 0.25) is 5.62 Å². The quantitative estimate of drug-likeness (QED) is 0.324. The number of alkyl halides is 3. The number of phenols is 1. The number of Topliss-reactive ketones (excluding diaryl/α,β-unsaturated/α-hetero) is 1. The molecule has 3 aromatic carbocycles. The van der Waals surface area contributed by atoms with E-state index in [9.17, 15) is 37.8 Å². The van der Waals surface area contributed by atoms with Gasteiger partial charge in [-0.15, -0.1) is 0 Å². The number of benzene rings is 3. The number of hydrogen-bond acceptors (Lipinski definition) is 4. The summed E-state index contributed by atoms with van der Waals surface area (Å²) < 4.78 is 42.6. The van der Waals surface area contributed by atoms with Gasteiger partial charge in [0.25, 0.3) is 0 Å². The van der Waals surface area contributed by atoms with Gasteiger partial charge in [-0.1, -0.05) is 63.2 Å². The lowest BCUT2D eigenvalue weighted by atomic mass is 9.83. The number of carbonyl (C=O) groups excluding carboxylic acids is 2. The zero-order valence-corrected chi connectivity index (χ0v) is 21.9. The second-order valence-corrected chi connectivity index (χ2v) is 10.3. The first kappa shape index (κ1) is 28.3. The molecule has 40 heavy (non-hydrogen) atoms. The lowest BCUT2D eigenvalue weighted by molar-refractivity contribution is -0.169. The average molecular weight is 554 g/mol. The Morgan fingerprint density at radius 2 is 1.45 bits per heavy atom. The van der Waals surface area contributed by atoms with E-state index in [1.165, 1.54) is 15.2 Å². The molecule has 0 saturated carbocycles. The van der Waals surface area contributed by atoms with Crippen LogP contribution >= 0.6 is 0 Å². The first-order valence-corrected chi connectivity index (χ1v) is 12.2. The summed E-state index contributed by atoms with van der Waals surface area (Å²) in [5, 5.41) is 20.2. The number of hydrogen-bond donors (Lipinski definition) is 2. The topological polar surface area (TPSA) is 114 Å². The minimum absolute atomic E-state index is 0.0586. The second-order valence-electron chi connectivity index (χ2n) is 10.3. The van der Waals surface area contributed by atoms with Crippen LogP contribution in [0.2, 0.25) is 0 Å². The number of amides is 1. The van der Waals surface area contributed by atoms with E-state index < -0.39 is 52.7 Å². The first-order valence-electron chi connectivity index (χ1n) is 12.2. The highest BCUT2D eigenvalue weighted by molar-refractivity contribution is 6.01. The maximum Gasteiger partial charge on any atom is 0.473 e. The van der Waals surface area contributed by atoms with Gasteiger partial charge in [-0.2, -0.15) is 18.2 Å². The van der Waals surface area contributed by atoms with Gasteiger partial charge in [-0.25, -0.2) is 4.79 Å². The van der Waals surface area contributed by atoms with Crippen LogP contribution < -0.4 is 5.62 Å². The third kappa shape index (κ3) is 5.68. The molecule has 1 heterocycles. The number of imidazole rings is 1. The molecule has 0 aliphatic rings. The van der Waals surface area contributed by atoms with E-state index in [1.807, 2.05) is 0 Å². The van der Waals surface area contributed by atoms with Crippen molar-refractivity contribution in [2.24, 2.45) is 4.99 Å². The largest absolute Gasteiger partial charge is 0.507 e. The summed E-state index contributed by atoms with van der Waals surface area (Å²) >= 11 is 0. The molecule has 0 fully saturated rings. The van der Waals surface area contributed by atoms with Crippen LogP contribution in [0.5, 0.6) is 5.75 Å². The molecule has 0 atom stereocenters. The number of aromatic carboxylic acids is 1. The molecule has 208 valence electrons. The Kier molecular flexibility index (Phi) is 7.42. The van der Waals surface area contributed by atoms with Crippen LogP contribution in [-0.2, 0) is 23.3 Å². The monoisotopic (exact) mass is 553 g/mol. The molecule has 1 aromatic heterocycles. The smallest absolute Gasteiger partial charge is 0.473 e. The highest BCUT2D eigenvalue weighted by Crippen LogP contribution is 2.35. The van der Waals surface area contributed by atoms with Crippen molar-refractivity contribution < 1.29 is 37.8 Å². The highest BCUT2D eigenvalue weighted by atomic mass is 19.4. The molecule has 0 unspecified atom stereocenters. The van der Waals surface area contributed by atoms with Crippen LogP contribution in [0.3, 0.4) is 0 Å². The molecule has 2 N–H and O–H groups in total. The number of halogens is 3. The molecule has 11 heteroatoms. The molecule has 0 spiro atoms. The Hall–Kier alpha value is -4.67. The standard InChI is InChI=1S/C29H26F3N3O5/c1-28(2,3)20-14-18(13-19(24(20)37)25(38)39)23(36)16-35-22-12-8-7-11-21(22)34(15-17-9-5-4-6-10-17)27(35)33-26(40)29(30,31)32/h4-14,37H,15-16H2,1-3H3,(H,38,39). The number of ketones is 1. The zero-order valence-electron chi connectivity index (χ0n) is 21.9. The fraction of sp³-hybridized carbons (Fsp3) is 0.241. The predicted octanol–water partition coefficient (Wildman–Crippen LogP) is 5.06. The molecule has 0 radical (unpaired) electrons. The van der Waals surface area contributed by atoms with Crippen molar-refractivity contribution in [1.29, 1.82) is 0 Å². The van der Waals surface area contributed by atoms with Gasteiger partial charge in [0, 0.05) is 11.1 Å². The van der Waals surface area contributed by atoms with Crippen molar-refractivity contribution in [3.8, 4) is 5.75 Å². The summed E-state index contributed by atoms with van der Waals surface area (Å²) in [6, 6.07) is 17.7. The van der Waals surface area contributed by atoms with Crippen LogP contribution in [0.4, 0.5) is 13.2 Å². The van der Waals surface area contributed by atoms with Crippen LogP contribution in [-0.4, -0.2) is 43.2 Å². The summed E-state index contributed by atoms with van der Waals surface area (Å²) in [6.45, 7) is 4.69. The molecule has 4 rings (SSSR count). The Labute approximate surface area is 226 Å². The lowest BCUT2D eigenvalue weighted by Gasteiger charge is -2.22. The minimum Gasteiger partial charge on any atom is -0.507 e. The zero-order chi connectivity index (χ0) is 29.4. The fourth-order valence-corrected chi connectivity index (χ4v) is 4.40. The molecule has 0 aliphatic carbocycles. The third-order valence-electron chi connectivity index (χ3n) is 6.35. The van der Waals surface area contributed by atoms with Crippen LogP contribution in [0.15, 0.2) is 71.7 Å². The molecule has 0 aliphatic heterocycles. The Bertz CT molecular complexity index is 1690. The van der Waals surface area contributed by atoms with Crippen LogP contribution in [0, 0.1) is 0 Å². The van der Waals surface area contributed by atoms with Crippen molar-refractivity contribution in [3.63, 3.8) is 0 Å². The molecule has 4 aromatic rings. The number of carboxylic acid groups (broad SMARTS) is 1. The normalized spacial score (nSPS) is 12.6. The molecular weight excluding hydrogens is 527 g/mol. The summed E-state index contributed by atoms with van der Waals surface area (Å²) in [6.07, 6.45) is -5.25. The minimum atomic E-state index is -5.25. The van der Waals surface area contributed by atoms with Crippen molar-refractivity contribution in [1.82, 2.24) is 9.13 Å². The highest BCUT2D eigenvalue weighted by Gasteiger charge is 2.39. The average Bonchev–Trinajstić information content (AvgIpc) is 3.15. The van der Waals surface area contributed by atoms with Gasteiger partial charge in [0.05, 0.1) is 24.1 Å². The van der Waals surface area contributed by atoms with Gasteiger partial charge >= 0.3 is 18.1 Å². The van der Waals surface area contributed by atoms with Crippen molar-refractivity contribution in [2.45, 2.75) is 45.5 Å². The number of aromatic nitrogens is 2. The number of para-hydroxylation sites is 2. The van der Waals surface area contributed by atoms with E-state index in [2.05, 4.69) is 4.99 Å². The number of nitrogens with zero attached hydrogens (tertiary/aromatic N) is 3. The molecule has 1 amide bonds. The summed E-state index contributed by atoms with van der Waals surface area (Å²) in [5.41, 5.74) is 0.0258. The van der Waals surface area contributed by atoms with E-state index in [0.717, 1.165) is 11.6 Å². The van der Waals surface area contributed by atoms with Gasteiger partial charge in [0.15, 0.2) is 5.78 Å². The van der Waals surface area contributed by atoms with E-state index in [0.29, 0.717) is 11.0 Å². The lowest BCUT2D eigenvalue weighted by Crippen LogP contribution is -2.33. The number of aromatic hydroxyl groups is 1. The van der Waals surface area contributed by atoms with Gasteiger partial charge in [0.1, 0.15) is 11.3 Å². The van der Waals surface area contributed by atoms with Crippen LogP contribution in [0.1, 0.15) is 52.6 Å². The van der Waals surface area contributed by atoms with E-state index in [-0.39, 0.29) is 17.7 Å². The molecule has 8 nitrogen and oxygen atoms in total. The third-order valence-corrected chi connectivity index (χ3v) is 6.35. The number of carboxylic acids is 1. The molecule has 0 bridgehead atoms. The van der Waals surface area contributed by atoms with Crippen LogP contribution in [0.25, 0.3) is 11.0 Å². The number of rotatable bonds is 6. The molecular formula is C29H26F3N3O5. The summed E-state index contributed by atoms with van der Waals surface area (Å²) in [5.74, 6) is -4.92. The van der Waals surface area contributed by atoms with E-state index in [1.54, 1.807) is 75.4 Å². The Morgan fingerprint density at radius 1 is 0.875 bits per heavy atom. The maximum absolute atomic E-state index is 13.6. The Morgan fingerprint density at radius 3 is 2.00 bits per heavy atom. The number of carbonyl (C=O) groups is 3. The predicted molar refractivity (Wildman–Crippen MR) is 140 cm³/mol. The fourth-order valence-electron chi connectivity index (χ4n) is 4.40. The number of fused-ring (bicyclic) bond motifs is 1. The van der Waals surface area contributed by atoms with Crippen molar-refractivity contribution >= 4 is 28.7 Å². The first-order chi connectivity index (χ1) is 18.7. The summed E-state index contributed by atoms with van der Waals surface area (Å²) in [7, 11) is 0. The van der Waals surface area contributed by atoms with E-state index >= 15 is 0 Å². The summed E-state index contributed by atoms with van der Waals surface area (Å²) in [4.78, 5) is 40.8. The van der Waals surface area contributed by atoms with Gasteiger partial charge in [-0.05, 0) is 35.2 Å². The van der Waals surface area contributed by atoms with Gasteiger partial charge in [-0.3, -0.25) is 9.59 Å². The van der Waals surface area contributed by atoms with Crippen molar-refractivity contribution in [3.05, 3.63) is 94.6 Å². The SMILES string of the molecule is CC(C)(C)c1cc(C(=O)Cn2c(=NC(=O)C(F)(F)F)n(Cc3ccccc3)c3ccccc32)cc(C(=O)O)c1O. The van der Waals surface area contributed by atoms with E-state index in [4.69, 9.17) is 0 Å². The van der Waals surface area contributed by atoms with Gasteiger partial charge < -0.3 is 19.3 Å². The second kappa shape index (κ2) is 10.5. The maximum atomic E-state index is 13.6.